The fourth-order valence-corrected chi connectivity index (χ4v) is 9.33. The number of amides is 2. The highest BCUT2D eigenvalue weighted by molar-refractivity contribution is 7.92. The summed E-state index contributed by atoms with van der Waals surface area (Å²) in [6.07, 6.45) is 10.2. The summed E-state index contributed by atoms with van der Waals surface area (Å²) in [6, 6.07) is 8.06. The second kappa shape index (κ2) is 7.59. The lowest BCUT2D eigenvalue weighted by molar-refractivity contribution is -0.107. The largest absolute Gasteiger partial charge is 0.382 e. The molecule has 1 N–H and O–H groups in total. The van der Waals surface area contributed by atoms with E-state index in [1.807, 2.05) is 26.6 Å². The zero-order chi connectivity index (χ0) is 25.9. The van der Waals surface area contributed by atoms with Crippen LogP contribution in [-0.4, -0.2) is 75.5 Å². The van der Waals surface area contributed by atoms with Crippen molar-refractivity contribution >= 4 is 15.9 Å². The summed E-state index contributed by atoms with van der Waals surface area (Å²) < 4.78 is 26.7. The summed E-state index contributed by atoms with van der Waals surface area (Å²) in [5.74, 6) is 1.18. The van der Waals surface area contributed by atoms with Crippen molar-refractivity contribution in [2.24, 2.45) is 16.7 Å². The fraction of sp³-hybridized carbons (Fsp3) is 0.679. The fourth-order valence-electron chi connectivity index (χ4n) is 7.68. The van der Waals surface area contributed by atoms with E-state index in [9.17, 15) is 18.3 Å². The van der Waals surface area contributed by atoms with Crippen LogP contribution in [0.5, 0.6) is 0 Å². The van der Waals surface area contributed by atoms with Crippen molar-refractivity contribution in [1.82, 2.24) is 24.6 Å². The van der Waals surface area contributed by atoms with Gasteiger partial charge in [0, 0.05) is 37.0 Å². The van der Waals surface area contributed by atoms with Gasteiger partial charge in [-0.3, -0.25) is 0 Å². The number of hydrogen-bond donors (Lipinski definition) is 1. The van der Waals surface area contributed by atoms with Crippen LogP contribution in [0.2, 0.25) is 0 Å². The van der Waals surface area contributed by atoms with E-state index < -0.39 is 15.4 Å². The van der Waals surface area contributed by atoms with Gasteiger partial charge in [0.15, 0.2) is 15.7 Å². The highest BCUT2D eigenvalue weighted by Crippen LogP contribution is 2.56. The lowest BCUT2D eigenvalue weighted by atomic mass is 9.56. The molecule has 9 nitrogen and oxygen atoms in total. The second-order valence-corrected chi connectivity index (χ2v) is 15.7. The maximum absolute atomic E-state index is 13.0. The number of benzene rings is 1. The molecule has 0 atom stereocenters. The first-order valence-electron chi connectivity index (χ1n) is 14.2. The molecule has 1 aromatic carbocycles. The van der Waals surface area contributed by atoms with E-state index in [1.54, 1.807) is 18.5 Å². The molecule has 202 valence electrons. The number of sulfone groups is 1. The molecule has 2 amide bonds. The predicted molar refractivity (Wildman–Crippen MR) is 138 cm³/mol. The maximum atomic E-state index is 13.0. The van der Waals surface area contributed by atoms with Crippen molar-refractivity contribution in [1.29, 1.82) is 0 Å². The Hall–Kier alpha value is -2.46. The molecule has 0 radical (unpaired) electrons. The van der Waals surface area contributed by atoms with Crippen LogP contribution in [0, 0.1) is 16.7 Å². The molecule has 6 aliphatic rings. The third-order valence-corrected chi connectivity index (χ3v) is 12.5. The normalized spacial score (nSPS) is 27.0. The van der Waals surface area contributed by atoms with Gasteiger partial charge in [-0.25, -0.2) is 22.9 Å². The average Bonchev–Trinajstić information content (AvgIpc) is 3.72. The van der Waals surface area contributed by atoms with Crippen molar-refractivity contribution in [3.8, 4) is 0 Å². The summed E-state index contributed by atoms with van der Waals surface area (Å²) >= 11 is 0. The van der Waals surface area contributed by atoms with Gasteiger partial charge in [0.05, 0.1) is 16.2 Å². The first kappa shape index (κ1) is 23.4. The number of hydrogen-bond acceptors (Lipinski definition) is 6. The van der Waals surface area contributed by atoms with Gasteiger partial charge in [0.2, 0.25) is 0 Å². The Kier molecular flexibility index (Phi) is 4.68. The van der Waals surface area contributed by atoms with Crippen molar-refractivity contribution in [2.45, 2.75) is 79.6 Å². The molecule has 8 rings (SSSR count). The Morgan fingerprint density at radius 3 is 2.13 bits per heavy atom. The molecule has 4 aliphatic carbocycles. The Balaban J connectivity index is 0.776. The Bertz CT molecular complexity index is 1380. The molecule has 38 heavy (non-hydrogen) atoms. The minimum Gasteiger partial charge on any atom is -0.382 e. The Morgan fingerprint density at radius 2 is 1.55 bits per heavy atom. The van der Waals surface area contributed by atoms with Crippen LogP contribution in [0.25, 0.3) is 0 Å². The number of carbonyl (C=O) groups is 1. The van der Waals surface area contributed by atoms with Gasteiger partial charge in [-0.15, -0.1) is 0 Å². The summed E-state index contributed by atoms with van der Waals surface area (Å²) in [6.45, 7) is 3.42. The van der Waals surface area contributed by atoms with Crippen molar-refractivity contribution in [3.05, 3.63) is 42.0 Å². The van der Waals surface area contributed by atoms with Crippen molar-refractivity contribution in [2.75, 3.05) is 26.2 Å². The van der Waals surface area contributed by atoms with E-state index >= 15 is 0 Å². The number of aliphatic hydroxyl groups is 1. The lowest BCUT2D eigenvalue weighted by Crippen LogP contribution is -2.71. The van der Waals surface area contributed by atoms with E-state index in [-0.39, 0.29) is 16.7 Å². The third kappa shape index (κ3) is 3.66. The van der Waals surface area contributed by atoms with Gasteiger partial charge in [-0.05, 0) is 81.4 Å². The highest BCUT2D eigenvalue weighted by atomic mass is 32.2. The smallest absolute Gasteiger partial charge is 0.320 e. The van der Waals surface area contributed by atoms with Gasteiger partial charge in [0.1, 0.15) is 11.9 Å². The van der Waals surface area contributed by atoms with E-state index in [0.717, 1.165) is 84.0 Å². The number of rotatable bonds is 6. The van der Waals surface area contributed by atoms with Crippen LogP contribution in [0.1, 0.15) is 68.8 Å². The molecule has 2 aromatic rings. The monoisotopic (exact) mass is 537 g/mol. The number of nitrogens with zero attached hydrogens (tertiary/aromatic N) is 5. The maximum Gasteiger partial charge on any atom is 0.320 e. The number of likely N-dealkylation sites (tertiary alicyclic amines) is 2. The zero-order valence-electron chi connectivity index (χ0n) is 21.6. The zero-order valence-corrected chi connectivity index (χ0v) is 22.4. The van der Waals surface area contributed by atoms with Gasteiger partial charge in [-0.2, -0.15) is 5.10 Å². The Morgan fingerprint density at radius 1 is 0.947 bits per heavy atom. The van der Waals surface area contributed by atoms with Gasteiger partial charge < -0.3 is 14.9 Å². The van der Waals surface area contributed by atoms with E-state index in [2.05, 4.69) is 10.1 Å². The summed E-state index contributed by atoms with van der Waals surface area (Å²) in [4.78, 5) is 21.8. The lowest BCUT2D eigenvalue weighted by Gasteiger charge is -2.63. The van der Waals surface area contributed by atoms with Gasteiger partial charge in [-0.1, -0.05) is 12.1 Å². The summed E-state index contributed by atoms with van der Waals surface area (Å²) in [7, 11) is -3.11. The van der Waals surface area contributed by atoms with Crippen LogP contribution < -0.4 is 0 Å². The quantitative estimate of drug-likeness (QED) is 0.607. The molecule has 2 saturated heterocycles. The third-order valence-electron chi connectivity index (χ3n) is 10.2. The van der Waals surface area contributed by atoms with Crippen LogP contribution in [0.15, 0.2) is 35.5 Å². The minimum absolute atomic E-state index is 0.160. The van der Waals surface area contributed by atoms with Crippen molar-refractivity contribution in [3.63, 3.8) is 0 Å². The standard InChI is InChI=1S/C28H35N5O4S/c34-25(32-16-27(17-32)12-21(13-27)33-18-29-24(30-33)28(35)7-8-28)31-14-26(15-31)10-20(11-26)9-19-1-3-22(4-2-19)38(36,37)23-5-6-23/h1-4,18,20-21,23,35H,5-17H2. The Labute approximate surface area is 223 Å². The first-order valence-corrected chi connectivity index (χ1v) is 15.7. The number of carbonyl (C=O) groups excluding carboxylic acids is 1. The predicted octanol–water partition coefficient (Wildman–Crippen LogP) is 2.91. The molecule has 1 aromatic heterocycles. The van der Waals surface area contributed by atoms with Gasteiger partial charge >= 0.3 is 6.03 Å². The molecule has 0 bridgehead atoms. The summed E-state index contributed by atoms with van der Waals surface area (Å²) in [5, 5.41) is 14.6. The molecule has 2 aliphatic heterocycles. The highest BCUT2D eigenvalue weighted by Gasteiger charge is 2.58. The summed E-state index contributed by atoms with van der Waals surface area (Å²) in [5.41, 5.74) is 0.964. The molecule has 4 saturated carbocycles. The molecule has 0 unspecified atom stereocenters. The van der Waals surface area contributed by atoms with Crippen LogP contribution in [0.3, 0.4) is 0 Å². The number of urea groups is 1. The van der Waals surface area contributed by atoms with E-state index in [4.69, 9.17) is 0 Å². The molecule has 2 spiro atoms. The number of aromatic nitrogens is 3. The van der Waals surface area contributed by atoms with Crippen molar-refractivity contribution < 1.29 is 18.3 Å². The molecular formula is C28H35N5O4S. The first-order chi connectivity index (χ1) is 18.1. The van der Waals surface area contributed by atoms with E-state index in [0.29, 0.717) is 28.1 Å². The molecular weight excluding hydrogens is 502 g/mol. The van der Waals surface area contributed by atoms with Crippen LogP contribution in [-0.2, 0) is 21.9 Å². The topological polar surface area (TPSA) is 109 Å². The SMILES string of the molecule is O=C(N1CC2(CC(Cc3ccc(S(=O)(=O)C4CC4)cc3)C2)C1)N1CC2(CC(n3cnc(C4(O)CC4)n3)C2)C1. The second-order valence-electron chi connectivity index (χ2n) is 13.5. The van der Waals surface area contributed by atoms with Crippen LogP contribution >= 0.6 is 0 Å². The molecule has 6 fully saturated rings. The molecule has 10 heteroatoms. The molecule has 3 heterocycles. The average molecular weight is 538 g/mol. The van der Waals surface area contributed by atoms with Crippen LogP contribution in [0.4, 0.5) is 4.79 Å². The van der Waals surface area contributed by atoms with Gasteiger partial charge in [0.25, 0.3) is 0 Å². The minimum atomic E-state index is -3.11. The van der Waals surface area contributed by atoms with E-state index in [1.165, 1.54) is 5.56 Å².